The van der Waals surface area contributed by atoms with Crippen molar-refractivity contribution >= 4 is 5.69 Å². The van der Waals surface area contributed by atoms with E-state index in [2.05, 4.69) is 29.2 Å². The van der Waals surface area contributed by atoms with Gasteiger partial charge in [-0.2, -0.15) is 5.10 Å². The molecule has 1 N–H and O–H groups in total. The van der Waals surface area contributed by atoms with Crippen molar-refractivity contribution in [3.8, 4) is 5.88 Å². The highest BCUT2D eigenvalue weighted by atomic mass is 16.5. The lowest BCUT2D eigenvalue weighted by Crippen LogP contribution is -2.24. The van der Waals surface area contributed by atoms with Crippen LogP contribution in [0.2, 0.25) is 0 Å². The minimum Gasteiger partial charge on any atom is -0.481 e. The summed E-state index contributed by atoms with van der Waals surface area (Å²) in [4.78, 5) is 16.3. The fourth-order valence-electron chi connectivity index (χ4n) is 1.78. The van der Waals surface area contributed by atoms with E-state index in [1.165, 1.54) is 4.68 Å². The summed E-state index contributed by atoms with van der Waals surface area (Å²) in [5.41, 5.74) is 1.31. The van der Waals surface area contributed by atoms with E-state index in [1.807, 2.05) is 12.1 Å². The maximum Gasteiger partial charge on any atom is 0.269 e. The van der Waals surface area contributed by atoms with Gasteiger partial charge in [-0.05, 0) is 12.0 Å². The van der Waals surface area contributed by atoms with Gasteiger partial charge >= 0.3 is 0 Å². The Hall–Kier alpha value is -2.37. The van der Waals surface area contributed by atoms with Crippen molar-refractivity contribution < 1.29 is 4.74 Å². The minimum absolute atomic E-state index is 0.159. The van der Waals surface area contributed by atoms with Crippen molar-refractivity contribution in [2.45, 2.75) is 20.4 Å². The summed E-state index contributed by atoms with van der Waals surface area (Å²) < 4.78 is 6.44. The average Bonchev–Trinajstić information content (AvgIpc) is 2.48. The van der Waals surface area contributed by atoms with Gasteiger partial charge in [0.2, 0.25) is 5.88 Å². The molecule has 0 aromatic carbocycles. The van der Waals surface area contributed by atoms with E-state index in [9.17, 15) is 4.79 Å². The molecule has 112 valence electrons. The minimum atomic E-state index is -0.159. The van der Waals surface area contributed by atoms with Crippen LogP contribution in [0.4, 0.5) is 5.69 Å². The molecular formula is C15H20N4O2. The number of aromatic nitrogens is 3. The lowest BCUT2D eigenvalue weighted by molar-refractivity contribution is 0.395. The first-order valence-electron chi connectivity index (χ1n) is 6.89. The van der Waals surface area contributed by atoms with Crippen LogP contribution in [0.25, 0.3) is 0 Å². The highest BCUT2D eigenvalue weighted by Gasteiger charge is 2.04. The third-order valence-corrected chi connectivity index (χ3v) is 2.89. The Morgan fingerprint density at radius 3 is 2.86 bits per heavy atom. The molecule has 2 rings (SSSR count). The summed E-state index contributed by atoms with van der Waals surface area (Å²) in [5, 5.41) is 7.35. The summed E-state index contributed by atoms with van der Waals surface area (Å²) in [5.74, 6) is 1.03. The molecule has 2 heterocycles. The van der Waals surface area contributed by atoms with Crippen LogP contribution in [0.15, 0.2) is 35.3 Å². The zero-order valence-corrected chi connectivity index (χ0v) is 12.5. The standard InChI is InChI=1S/C15H20N4O2/c1-11(2)8-16-13-7-15(20)19(17-9-13)10-12-5-4-6-14(18-12)21-3/h4-7,9,11,16H,8,10H2,1-3H3. The van der Waals surface area contributed by atoms with Gasteiger partial charge in [-0.3, -0.25) is 4.79 Å². The maximum absolute atomic E-state index is 12.0. The number of nitrogens with zero attached hydrogens (tertiary/aromatic N) is 3. The first-order valence-corrected chi connectivity index (χ1v) is 6.89. The van der Waals surface area contributed by atoms with E-state index in [1.54, 1.807) is 25.4 Å². The molecule has 21 heavy (non-hydrogen) atoms. The molecule has 0 spiro atoms. The second-order valence-corrected chi connectivity index (χ2v) is 5.19. The van der Waals surface area contributed by atoms with E-state index in [4.69, 9.17) is 4.74 Å². The molecule has 0 aliphatic heterocycles. The van der Waals surface area contributed by atoms with Gasteiger partial charge in [0.1, 0.15) is 0 Å². The van der Waals surface area contributed by atoms with Gasteiger partial charge in [-0.1, -0.05) is 19.9 Å². The number of ether oxygens (including phenoxy) is 1. The van der Waals surface area contributed by atoms with Crippen molar-refractivity contribution in [1.29, 1.82) is 0 Å². The number of hydrogen-bond acceptors (Lipinski definition) is 5. The Morgan fingerprint density at radius 2 is 2.19 bits per heavy atom. The number of anilines is 1. The molecule has 0 saturated heterocycles. The Bertz CT molecular complexity index is 652. The van der Waals surface area contributed by atoms with E-state index in [-0.39, 0.29) is 5.56 Å². The smallest absolute Gasteiger partial charge is 0.269 e. The Kier molecular flexibility index (Phi) is 4.92. The maximum atomic E-state index is 12.0. The molecule has 0 amide bonds. The molecule has 0 aliphatic rings. The molecule has 0 unspecified atom stereocenters. The molecule has 0 saturated carbocycles. The van der Waals surface area contributed by atoms with Gasteiger partial charge in [-0.25, -0.2) is 9.67 Å². The highest BCUT2D eigenvalue weighted by molar-refractivity contribution is 5.38. The largest absolute Gasteiger partial charge is 0.481 e. The van der Waals surface area contributed by atoms with Gasteiger partial charge in [-0.15, -0.1) is 0 Å². The highest BCUT2D eigenvalue weighted by Crippen LogP contribution is 2.07. The quantitative estimate of drug-likeness (QED) is 0.877. The zero-order valence-electron chi connectivity index (χ0n) is 12.5. The topological polar surface area (TPSA) is 69.0 Å². The SMILES string of the molecule is COc1cccc(Cn2ncc(NCC(C)C)cc2=O)n1. The monoisotopic (exact) mass is 288 g/mol. The van der Waals surface area contributed by atoms with Gasteiger partial charge in [0.15, 0.2) is 0 Å². The Morgan fingerprint density at radius 1 is 1.38 bits per heavy atom. The number of hydrogen-bond donors (Lipinski definition) is 1. The van der Waals surface area contributed by atoms with Crippen molar-refractivity contribution in [1.82, 2.24) is 14.8 Å². The molecular weight excluding hydrogens is 268 g/mol. The second kappa shape index (κ2) is 6.88. The van der Waals surface area contributed by atoms with Crippen molar-refractivity contribution in [3.63, 3.8) is 0 Å². The molecule has 6 heteroatoms. The first kappa shape index (κ1) is 15.0. The van der Waals surface area contributed by atoms with Crippen LogP contribution in [-0.4, -0.2) is 28.4 Å². The summed E-state index contributed by atoms with van der Waals surface area (Å²) in [7, 11) is 1.56. The van der Waals surface area contributed by atoms with Crippen molar-refractivity contribution in [3.05, 3.63) is 46.5 Å². The fourth-order valence-corrected chi connectivity index (χ4v) is 1.78. The van der Waals surface area contributed by atoms with Crippen molar-refractivity contribution in [2.24, 2.45) is 5.92 Å². The van der Waals surface area contributed by atoms with Crippen LogP contribution < -0.4 is 15.6 Å². The molecule has 2 aromatic heterocycles. The summed E-state index contributed by atoms with van der Waals surface area (Å²) in [6, 6.07) is 6.99. The summed E-state index contributed by atoms with van der Waals surface area (Å²) in [6.07, 6.45) is 1.66. The van der Waals surface area contributed by atoms with Crippen LogP contribution in [0.3, 0.4) is 0 Å². The molecule has 0 atom stereocenters. The summed E-state index contributed by atoms with van der Waals surface area (Å²) >= 11 is 0. The fraction of sp³-hybridized carbons (Fsp3) is 0.400. The van der Waals surface area contributed by atoms with Gasteiger partial charge < -0.3 is 10.1 Å². The molecule has 6 nitrogen and oxygen atoms in total. The Labute approximate surface area is 123 Å². The van der Waals surface area contributed by atoms with E-state index in [0.29, 0.717) is 18.3 Å². The third-order valence-electron chi connectivity index (χ3n) is 2.89. The number of pyridine rings is 1. The molecule has 0 radical (unpaired) electrons. The van der Waals surface area contributed by atoms with Crippen LogP contribution in [-0.2, 0) is 6.54 Å². The normalized spacial score (nSPS) is 10.7. The van der Waals surface area contributed by atoms with Gasteiger partial charge in [0, 0.05) is 18.7 Å². The first-order chi connectivity index (χ1) is 10.1. The molecule has 0 bridgehead atoms. The third kappa shape index (κ3) is 4.30. The predicted octanol–water partition coefficient (Wildman–Crippen LogP) is 1.76. The molecule has 0 fully saturated rings. The second-order valence-electron chi connectivity index (χ2n) is 5.19. The van der Waals surface area contributed by atoms with Crippen molar-refractivity contribution in [2.75, 3.05) is 19.0 Å². The van der Waals surface area contributed by atoms with Crippen LogP contribution >= 0.6 is 0 Å². The number of nitrogens with one attached hydrogen (secondary N) is 1. The van der Waals surface area contributed by atoms with Crippen LogP contribution in [0, 0.1) is 5.92 Å². The lowest BCUT2D eigenvalue weighted by Gasteiger charge is -2.10. The van der Waals surface area contributed by atoms with Crippen LogP contribution in [0.5, 0.6) is 5.88 Å². The van der Waals surface area contributed by atoms with E-state index >= 15 is 0 Å². The molecule has 0 aliphatic carbocycles. The zero-order chi connectivity index (χ0) is 15.2. The van der Waals surface area contributed by atoms with E-state index in [0.717, 1.165) is 17.9 Å². The number of methoxy groups -OCH3 is 1. The lowest BCUT2D eigenvalue weighted by atomic mass is 10.2. The predicted molar refractivity (Wildman–Crippen MR) is 81.7 cm³/mol. The van der Waals surface area contributed by atoms with E-state index < -0.39 is 0 Å². The average molecular weight is 288 g/mol. The van der Waals surface area contributed by atoms with Crippen LogP contribution in [0.1, 0.15) is 19.5 Å². The van der Waals surface area contributed by atoms with Gasteiger partial charge in [0.05, 0.1) is 31.2 Å². The summed E-state index contributed by atoms with van der Waals surface area (Å²) in [6.45, 7) is 5.34. The van der Waals surface area contributed by atoms with Gasteiger partial charge in [0.25, 0.3) is 5.56 Å². The molecule has 2 aromatic rings. The Balaban J connectivity index is 2.12. The number of rotatable bonds is 6.